The standard InChI is InChI=1S/C19H26N2O3S/c1-14(2)9-21(19(22)12-23-4)10-16-13-25-18(20-16)11-24-17-7-5-15(3)6-8-17/h5-8,13-14H,9-12H2,1-4H3. The highest BCUT2D eigenvalue weighted by atomic mass is 32.1. The summed E-state index contributed by atoms with van der Waals surface area (Å²) in [4.78, 5) is 18.6. The number of carbonyl (C=O) groups excluding carboxylic acids is 1. The van der Waals surface area contributed by atoms with Crippen molar-refractivity contribution in [3.05, 3.63) is 45.9 Å². The molecule has 1 aromatic heterocycles. The van der Waals surface area contributed by atoms with Crippen molar-refractivity contribution < 1.29 is 14.3 Å². The third-order valence-corrected chi connectivity index (χ3v) is 4.41. The van der Waals surface area contributed by atoms with Gasteiger partial charge >= 0.3 is 0 Å². The van der Waals surface area contributed by atoms with Crippen molar-refractivity contribution in [1.82, 2.24) is 9.88 Å². The molecular formula is C19H26N2O3S. The number of benzene rings is 1. The summed E-state index contributed by atoms with van der Waals surface area (Å²) in [6.45, 7) is 7.95. The van der Waals surface area contributed by atoms with Crippen LogP contribution >= 0.6 is 11.3 Å². The van der Waals surface area contributed by atoms with Gasteiger partial charge in [-0.2, -0.15) is 0 Å². The van der Waals surface area contributed by atoms with E-state index in [9.17, 15) is 4.79 Å². The Balaban J connectivity index is 1.93. The van der Waals surface area contributed by atoms with Crippen molar-refractivity contribution in [1.29, 1.82) is 0 Å². The molecule has 0 saturated carbocycles. The van der Waals surface area contributed by atoms with Crippen LogP contribution in [0.3, 0.4) is 0 Å². The number of thiazole rings is 1. The fraction of sp³-hybridized carbons (Fsp3) is 0.474. The molecule has 0 fully saturated rings. The van der Waals surface area contributed by atoms with Gasteiger partial charge in [0.2, 0.25) is 5.91 Å². The molecule has 25 heavy (non-hydrogen) atoms. The highest BCUT2D eigenvalue weighted by molar-refractivity contribution is 7.09. The zero-order valence-corrected chi connectivity index (χ0v) is 16.1. The molecule has 1 aromatic carbocycles. The van der Waals surface area contributed by atoms with Gasteiger partial charge in [0, 0.05) is 19.0 Å². The maximum atomic E-state index is 12.2. The van der Waals surface area contributed by atoms with E-state index < -0.39 is 0 Å². The van der Waals surface area contributed by atoms with E-state index in [2.05, 4.69) is 18.8 Å². The van der Waals surface area contributed by atoms with Gasteiger partial charge in [0.25, 0.3) is 0 Å². The maximum Gasteiger partial charge on any atom is 0.248 e. The van der Waals surface area contributed by atoms with Crippen molar-refractivity contribution in [3.8, 4) is 5.75 Å². The van der Waals surface area contributed by atoms with Crippen molar-refractivity contribution in [3.63, 3.8) is 0 Å². The number of amides is 1. The van der Waals surface area contributed by atoms with Gasteiger partial charge in [-0.1, -0.05) is 31.5 Å². The zero-order chi connectivity index (χ0) is 18.2. The Morgan fingerprint density at radius 2 is 2.00 bits per heavy atom. The number of ether oxygens (including phenoxy) is 2. The lowest BCUT2D eigenvalue weighted by Crippen LogP contribution is -2.36. The van der Waals surface area contributed by atoms with E-state index in [1.807, 2.05) is 36.6 Å². The van der Waals surface area contributed by atoms with Gasteiger partial charge in [-0.05, 0) is 25.0 Å². The minimum Gasteiger partial charge on any atom is -0.486 e. The van der Waals surface area contributed by atoms with Gasteiger partial charge in [-0.25, -0.2) is 4.98 Å². The first-order valence-corrected chi connectivity index (χ1v) is 9.25. The first kappa shape index (κ1) is 19.4. The van der Waals surface area contributed by atoms with Gasteiger partial charge < -0.3 is 14.4 Å². The van der Waals surface area contributed by atoms with Crippen LogP contribution in [0.2, 0.25) is 0 Å². The van der Waals surface area contributed by atoms with E-state index in [0.29, 0.717) is 25.6 Å². The Kier molecular flexibility index (Phi) is 7.40. The number of hydrogen-bond acceptors (Lipinski definition) is 5. The average Bonchev–Trinajstić information content (AvgIpc) is 3.01. The van der Waals surface area contributed by atoms with E-state index in [0.717, 1.165) is 16.5 Å². The second-order valence-corrected chi connectivity index (χ2v) is 7.38. The summed E-state index contributed by atoms with van der Waals surface area (Å²) < 4.78 is 10.7. The molecule has 1 amide bonds. The summed E-state index contributed by atoms with van der Waals surface area (Å²) in [7, 11) is 1.54. The molecule has 136 valence electrons. The number of rotatable bonds is 9. The summed E-state index contributed by atoms with van der Waals surface area (Å²) in [5.41, 5.74) is 2.09. The lowest BCUT2D eigenvalue weighted by Gasteiger charge is -2.23. The van der Waals surface area contributed by atoms with Crippen LogP contribution in [-0.4, -0.2) is 36.1 Å². The van der Waals surface area contributed by atoms with E-state index >= 15 is 0 Å². The van der Waals surface area contributed by atoms with Crippen LogP contribution in [0.4, 0.5) is 0 Å². The minimum atomic E-state index is -0.0124. The summed E-state index contributed by atoms with van der Waals surface area (Å²) in [5.74, 6) is 1.21. The quantitative estimate of drug-likeness (QED) is 0.683. The van der Waals surface area contributed by atoms with Gasteiger partial charge in [0.05, 0.1) is 12.2 Å². The number of aromatic nitrogens is 1. The summed E-state index contributed by atoms with van der Waals surface area (Å²) in [5, 5.41) is 2.89. The highest BCUT2D eigenvalue weighted by Crippen LogP contribution is 2.17. The Bertz CT molecular complexity index is 668. The second kappa shape index (κ2) is 9.53. The topological polar surface area (TPSA) is 51.7 Å². The largest absolute Gasteiger partial charge is 0.486 e. The summed E-state index contributed by atoms with van der Waals surface area (Å²) in [6.07, 6.45) is 0. The molecule has 0 atom stereocenters. The number of hydrogen-bond donors (Lipinski definition) is 0. The molecule has 0 radical (unpaired) electrons. The van der Waals surface area contributed by atoms with E-state index in [4.69, 9.17) is 9.47 Å². The van der Waals surface area contributed by atoms with E-state index in [1.54, 1.807) is 16.2 Å². The van der Waals surface area contributed by atoms with Crippen molar-refractivity contribution in [2.75, 3.05) is 20.3 Å². The monoisotopic (exact) mass is 362 g/mol. The number of methoxy groups -OCH3 is 1. The molecule has 0 aliphatic rings. The van der Waals surface area contributed by atoms with Crippen LogP contribution in [0.15, 0.2) is 29.6 Å². The van der Waals surface area contributed by atoms with Crippen molar-refractivity contribution >= 4 is 17.2 Å². The summed E-state index contributed by atoms with van der Waals surface area (Å²) >= 11 is 1.55. The molecule has 0 bridgehead atoms. The van der Waals surface area contributed by atoms with Crippen LogP contribution in [0.1, 0.15) is 30.1 Å². The average molecular weight is 362 g/mol. The lowest BCUT2D eigenvalue weighted by atomic mass is 10.2. The van der Waals surface area contributed by atoms with Crippen molar-refractivity contribution in [2.24, 2.45) is 5.92 Å². The molecule has 0 aliphatic heterocycles. The Labute approximate surface area is 153 Å². The molecule has 2 aromatic rings. The smallest absolute Gasteiger partial charge is 0.248 e. The molecule has 2 rings (SSSR count). The minimum absolute atomic E-state index is 0.0124. The van der Waals surface area contributed by atoms with Gasteiger partial charge in [-0.3, -0.25) is 4.79 Å². The first-order valence-electron chi connectivity index (χ1n) is 8.37. The molecule has 0 saturated heterocycles. The fourth-order valence-corrected chi connectivity index (χ4v) is 3.07. The Morgan fingerprint density at radius 1 is 1.28 bits per heavy atom. The lowest BCUT2D eigenvalue weighted by molar-refractivity contribution is -0.136. The molecule has 6 heteroatoms. The molecule has 0 N–H and O–H groups in total. The highest BCUT2D eigenvalue weighted by Gasteiger charge is 2.16. The molecule has 5 nitrogen and oxygen atoms in total. The van der Waals surface area contributed by atoms with E-state index in [1.165, 1.54) is 12.7 Å². The molecular weight excluding hydrogens is 336 g/mol. The van der Waals surface area contributed by atoms with Crippen LogP contribution in [-0.2, 0) is 22.7 Å². The fourth-order valence-electron chi connectivity index (χ4n) is 2.37. The molecule has 1 heterocycles. The maximum absolute atomic E-state index is 12.2. The van der Waals surface area contributed by atoms with Gasteiger partial charge in [0.1, 0.15) is 24.0 Å². The Hall–Kier alpha value is -1.92. The van der Waals surface area contributed by atoms with Gasteiger partial charge in [-0.15, -0.1) is 11.3 Å². The second-order valence-electron chi connectivity index (χ2n) is 6.44. The third-order valence-electron chi connectivity index (χ3n) is 3.54. The first-order chi connectivity index (χ1) is 12.0. The Morgan fingerprint density at radius 3 is 2.64 bits per heavy atom. The zero-order valence-electron chi connectivity index (χ0n) is 15.3. The molecule has 0 aliphatic carbocycles. The number of nitrogens with zero attached hydrogens (tertiary/aromatic N) is 2. The van der Waals surface area contributed by atoms with Crippen molar-refractivity contribution in [2.45, 2.75) is 33.9 Å². The predicted octanol–water partition coefficient (Wildman–Crippen LogP) is 3.66. The molecule has 0 spiro atoms. The van der Waals surface area contributed by atoms with Crippen LogP contribution < -0.4 is 4.74 Å². The number of aryl methyl sites for hydroxylation is 1. The van der Waals surface area contributed by atoms with Gasteiger partial charge in [0.15, 0.2) is 0 Å². The van der Waals surface area contributed by atoms with E-state index in [-0.39, 0.29) is 12.5 Å². The van der Waals surface area contributed by atoms with Crippen LogP contribution in [0, 0.1) is 12.8 Å². The SMILES string of the molecule is COCC(=O)N(Cc1csc(COc2ccc(C)cc2)n1)CC(C)C. The number of carbonyl (C=O) groups is 1. The normalized spacial score (nSPS) is 10.9. The summed E-state index contributed by atoms with van der Waals surface area (Å²) in [6, 6.07) is 7.96. The molecule has 0 unspecified atom stereocenters. The third kappa shape index (κ3) is 6.48. The predicted molar refractivity (Wildman–Crippen MR) is 99.8 cm³/mol. The van der Waals surface area contributed by atoms with Crippen LogP contribution in [0.25, 0.3) is 0 Å². The van der Waals surface area contributed by atoms with Crippen LogP contribution in [0.5, 0.6) is 5.75 Å².